The molecule has 0 heterocycles. The van der Waals surface area contributed by atoms with E-state index in [2.05, 4.69) is 48.5 Å². The zero-order valence-electron chi connectivity index (χ0n) is 24.0. The Hall–Kier alpha value is -6.00. The highest BCUT2D eigenvalue weighted by molar-refractivity contribution is 6.06. The second-order valence-electron chi connectivity index (χ2n) is 12.0. The summed E-state index contributed by atoms with van der Waals surface area (Å²) in [4.78, 5) is 0. The van der Waals surface area contributed by atoms with Gasteiger partial charge in [0.05, 0.1) is 5.41 Å². The number of fused-ring (bicyclic) bond motifs is 7. The van der Waals surface area contributed by atoms with Gasteiger partial charge in [-0.15, -0.1) is 0 Å². The summed E-state index contributed by atoms with van der Waals surface area (Å²) < 4.78 is 0. The molecular weight excluding hydrogens is 556 g/mol. The molecule has 0 bridgehead atoms. The van der Waals surface area contributed by atoms with Gasteiger partial charge in [-0.2, -0.15) is 0 Å². The smallest absolute Gasteiger partial charge is 0.121 e. The molecule has 4 N–H and O–H groups in total. The van der Waals surface area contributed by atoms with Gasteiger partial charge in [-0.3, -0.25) is 0 Å². The van der Waals surface area contributed by atoms with Gasteiger partial charge in [-0.1, -0.05) is 72.8 Å². The fourth-order valence-electron chi connectivity index (χ4n) is 7.74. The van der Waals surface area contributed by atoms with Gasteiger partial charge in [0.15, 0.2) is 0 Å². The number of phenolic OH excluding ortho intramolecular Hbond substituents is 4. The normalized spacial score (nSPS) is 13.4. The Labute approximate surface area is 258 Å². The van der Waals surface area contributed by atoms with Crippen LogP contribution in [0.25, 0.3) is 54.2 Å². The third-order valence-corrected chi connectivity index (χ3v) is 9.59. The molecule has 1 aliphatic rings. The molecule has 8 aromatic carbocycles. The maximum absolute atomic E-state index is 12.1. The molecule has 0 radical (unpaired) electrons. The SMILES string of the molecule is Oc1ccc2ccc(O)c(C3(c4c(O)ccc5ccc(O)cc45)c4cc5ccccc5cc4-c4cc5ccccc5cc43)c2c1. The summed E-state index contributed by atoms with van der Waals surface area (Å²) >= 11 is 0. The Morgan fingerprint density at radius 1 is 0.356 bits per heavy atom. The second kappa shape index (κ2) is 9.01. The predicted molar refractivity (Wildman–Crippen MR) is 180 cm³/mol. The minimum Gasteiger partial charge on any atom is -0.508 e. The van der Waals surface area contributed by atoms with E-state index in [0.717, 1.165) is 54.6 Å². The summed E-state index contributed by atoms with van der Waals surface area (Å²) in [6, 6.07) is 42.5. The molecule has 8 aromatic rings. The molecule has 0 spiro atoms. The Balaban J connectivity index is 1.62. The Bertz CT molecular complexity index is 2360. The van der Waals surface area contributed by atoms with Crippen LogP contribution in [-0.4, -0.2) is 20.4 Å². The lowest BCUT2D eigenvalue weighted by molar-refractivity contribution is 0.451. The summed E-state index contributed by atoms with van der Waals surface area (Å²) in [5, 5.41) is 52.9. The van der Waals surface area contributed by atoms with Gasteiger partial charge in [0.25, 0.3) is 0 Å². The van der Waals surface area contributed by atoms with E-state index >= 15 is 0 Å². The molecule has 214 valence electrons. The molecule has 0 atom stereocenters. The third-order valence-electron chi connectivity index (χ3n) is 9.59. The van der Waals surface area contributed by atoms with Crippen LogP contribution in [-0.2, 0) is 5.41 Å². The topological polar surface area (TPSA) is 80.9 Å². The average molecular weight is 583 g/mol. The highest BCUT2D eigenvalue weighted by Crippen LogP contribution is 2.63. The maximum atomic E-state index is 12.1. The highest BCUT2D eigenvalue weighted by atomic mass is 16.3. The van der Waals surface area contributed by atoms with E-state index in [9.17, 15) is 20.4 Å². The number of benzene rings is 8. The van der Waals surface area contributed by atoms with E-state index in [0.29, 0.717) is 21.9 Å². The Morgan fingerprint density at radius 3 is 1.16 bits per heavy atom. The van der Waals surface area contributed by atoms with Crippen LogP contribution in [0.15, 0.2) is 133 Å². The quantitative estimate of drug-likeness (QED) is 0.164. The monoisotopic (exact) mass is 582 g/mol. The van der Waals surface area contributed by atoms with Crippen molar-refractivity contribution in [1.29, 1.82) is 0 Å². The fraction of sp³-hybridized carbons (Fsp3) is 0.0244. The summed E-state index contributed by atoms with van der Waals surface area (Å²) in [5.74, 6) is 0.203. The first kappa shape index (κ1) is 25.5. The van der Waals surface area contributed by atoms with Crippen LogP contribution < -0.4 is 0 Å². The standard InChI is InChI=1S/C41H26O4/c42-29-13-9-23-11-15-37(44)39(31(23)21-29)41(40-32-22-30(43)14-10-24(32)12-16-38(40)45)35-19-27-7-3-1-5-25(27)17-33(35)34-18-26-6-2-4-8-28(26)20-36(34)41/h1-22,42-45H. The molecule has 1 aliphatic carbocycles. The highest BCUT2D eigenvalue weighted by Gasteiger charge is 2.51. The van der Waals surface area contributed by atoms with Crippen LogP contribution in [0.4, 0.5) is 0 Å². The Kier molecular flexibility index (Phi) is 5.10. The molecule has 0 fully saturated rings. The van der Waals surface area contributed by atoms with Gasteiger partial charge in [0, 0.05) is 11.1 Å². The first-order chi connectivity index (χ1) is 21.9. The van der Waals surface area contributed by atoms with Gasteiger partial charge < -0.3 is 20.4 Å². The largest absolute Gasteiger partial charge is 0.508 e. The molecule has 0 amide bonds. The maximum Gasteiger partial charge on any atom is 0.121 e. The second-order valence-corrected chi connectivity index (χ2v) is 12.0. The van der Waals surface area contributed by atoms with Crippen molar-refractivity contribution in [3.8, 4) is 34.1 Å². The van der Waals surface area contributed by atoms with Crippen molar-refractivity contribution >= 4 is 43.1 Å². The zero-order valence-corrected chi connectivity index (χ0v) is 24.0. The average Bonchev–Trinajstić information content (AvgIpc) is 3.30. The van der Waals surface area contributed by atoms with Gasteiger partial charge in [-0.05, 0) is 126 Å². The lowest BCUT2D eigenvalue weighted by Crippen LogP contribution is -2.29. The molecule has 4 nitrogen and oxygen atoms in total. The van der Waals surface area contributed by atoms with Gasteiger partial charge in [-0.25, -0.2) is 0 Å². The van der Waals surface area contributed by atoms with Crippen LogP contribution in [0.1, 0.15) is 22.3 Å². The molecule has 45 heavy (non-hydrogen) atoms. The van der Waals surface area contributed by atoms with Crippen molar-refractivity contribution < 1.29 is 20.4 Å². The third kappa shape index (κ3) is 3.42. The van der Waals surface area contributed by atoms with E-state index in [1.54, 1.807) is 36.4 Å². The van der Waals surface area contributed by atoms with E-state index in [4.69, 9.17) is 0 Å². The van der Waals surface area contributed by atoms with E-state index in [1.165, 1.54) is 0 Å². The predicted octanol–water partition coefficient (Wildman–Crippen LogP) is 9.48. The summed E-state index contributed by atoms with van der Waals surface area (Å²) in [6.07, 6.45) is 0. The Morgan fingerprint density at radius 2 is 0.733 bits per heavy atom. The minimum atomic E-state index is -1.26. The molecule has 4 heteroatoms. The molecule has 0 unspecified atom stereocenters. The van der Waals surface area contributed by atoms with E-state index in [-0.39, 0.29) is 23.0 Å². The van der Waals surface area contributed by atoms with Crippen molar-refractivity contribution in [2.75, 3.05) is 0 Å². The van der Waals surface area contributed by atoms with Crippen LogP contribution in [0.2, 0.25) is 0 Å². The van der Waals surface area contributed by atoms with Crippen molar-refractivity contribution in [1.82, 2.24) is 0 Å². The van der Waals surface area contributed by atoms with Crippen LogP contribution in [0.3, 0.4) is 0 Å². The van der Waals surface area contributed by atoms with Crippen molar-refractivity contribution in [2.45, 2.75) is 5.41 Å². The van der Waals surface area contributed by atoms with Crippen LogP contribution in [0, 0.1) is 0 Å². The lowest BCUT2D eigenvalue weighted by atomic mass is 9.64. The number of hydrogen-bond donors (Lipinski definition) is 4. The van der Waals surface area contributed by atoms with Crippen LogP contribution >= 0.6 is 0 Å². The first-order valence-corrected chi connectivity index (χ1v) is 14.9. The summed E-state index contributed by atoms with van der Waals surface area (Å²) in [6.45, 7) is 0. The van der Waals surface area contributed by atoms with Gasteiger partial charge in [0.2, 0.25) is 0 Å². The van der Waals surface area contributed by atoms with E-state index in [1.807, 2.05) is 48.5 Å². The number of rotatable bonds is 2. The summed E-state index contributed by atoms with van der Waals surface area (Å²) in [7, 11) is 0. The minimum absolute atomic E-state index is 0.0322. The number of aromatic hydroxyl groups is 4. The molecule has 9 rings (SSSR count). The number of phenols is 4. The van der Waals surface area contributed by atoms with Crippen molar-refractivity contribution in [2.24, 2.45) is 0 Å². The fourth-order valence-corrected chi connectivity index (χ4v) is 7.74. The van der Waals surface area contributed by atoms with Crippen molar-refractivity contribution in [3.05, 3.63) is 156 Å². The van der Waals surface area contributed by atoms with Crippen molar-refractivity contribution in [3.63, 3.8) is 0 Å². The first-order valence-electron chi connectivity index (χ1n) is 14.9. The molecule has 0 aliphatic heterocycles. The molecular formula is C41H26O4. The van der Waals surface area contributed by atoms with Crippen LogP contribution in [0.5, 0.6) is 23.0 Å². The molecule has 0 saturated heterocycles. The number of hydrogen-bond acceptors (Lipinski definition) is 4. The molecule has 0 aromatic heterocycles. The van der Waals surface area contributed by atoms with Gasteiger partial charge >= 0.3 is 0 Å². The lowest BCUT2D eigenvalue weighted by Gasteiger charge is -2.36. The summed E-state index contributed by atoms with van der Waals surface area (Å²) in [5.41, 5.74) is 3.60. The zero-order chi connectivity index (χ0) is 30.4. The molecule has 0 saturated carbocycles. The van der Waals surface area contributed by atoms with E-state index < -0.39 is 5.41 Å². The van der Waals surface area contributed by atoms with Gasteiger partial charge in [0.1, 0.15) is 23.0 Å².